The first-order chi connectivity index (χ1) is 8.59. The molecule has 18 heavy (non-hydrogen) atoms. The minimum atomic E-state index is -0.397. The number of anilines is 1. The number of hydrogen-bond acceptors (Lipinski definition) is 4. The second-order valence-corrected chi connectivity index (χ2v) is 4.49. The largest absolute Gasteiger partial charge is 0.374 e. The lowest BCUT2D eigenvalue weighted by molar-refractivity contribution is 0.496. The van der Waals surface area contributed by atoms with Crippen molar-refractivity contribution < 1.29 is 4.39 Å². The number of para-hydroxylation sites is 1. The van der Waals surface area contributed by atoms with Gasteiger partial charge in [0.25, 0.3) is 0 Å². The summed E-state index contributed by atoms with van der Waals surface area (Å²) in [5.74, 6) is 0.232. The molecule has 1 aromatic heterocycles. The second kappa shape index (κ2) is 5.30. The first-order valence-corrected chi connectivity index (χ1v) is 5.92. The van der Waals surface area contributed by atoms with Gasteiger partial charge in [-0.05, 0) is 36.4 Å². The highest BCUT2D eigenvalue weighted by atomic mass is 35.5. The zero-order valence-corrected chi connectivity index (χ0v) is 10.8. The van der Waals surface area contributed by atoms with E-state index in [9.17, 15) is 4.39 Å². The van der Waals surface area contributed by atoms with Crippen LogP contribution in [0.4, 0.5) is 10.1 Å². The lowest BCUT2D eigenvalue weighted by atomic mass is 10.3. The normalized spacial score (nSPS) is 10.9. The van der Waals surface area contributed by atoms with Crippen molar-refractivity contribution in [1.29, 1.82) is 0 Å². The summed E-state index contributed by atoms with van der Waals surface area (Å²) in [6.07, 6.45) is 0. The van der Waals surface area contributed by atoms with Crippen LogP contribution in [0.25, 0.3) is 0 Å². The molecule has 0 unspecified atom stereocenters. The maximum absolute atomic E-state index is 13.5. The van der Waals surface area contributed by atoms with Crippen molar-refractivity contribution in [2.24, 2.45) is 0 Å². The lowest BCUT2D eigenvalue weighted by Gasteiger charge is -2.11. The van der Waals surface area contributed by atoms with Crippen LogP contribution in [0.3, 0.4) is 0 Å². The predicted molar refractivity (Wildman–Crippen MR) is 66.9 cm³/mol. The van der Waals surface area contributed by atoms with Crippen LogP contribution in [0.1, 0.15) is 25.7 Å². The topological polar surface area (TPSA) is 55.6 Å². The van der Waals surface area contributed by atoms with Gasteiger partial charge in [-0.2, -0.15) is 0 Å². The summed E-state index contributed by atoms with van der Waals surface area (Å²) in [7, 11) is 0. The average Bonchev–Trinajstić information content (AvgIpc) is 2.76. The van der Waals surface area contributed by atoms with E-state index in [0.29, 0.717) is 17.4 Å². The number of rotatable bonds is 4. The van der Waals surface area contributed by atoms with E-state index in [4.69, 9.17) is 11.6 Å². The maximum Gasteiger partial charge on any atom is 0.170 e. The number of nitrogens with one attached hydrogen (secondary N) is 1. The molecule has 0 atom stereocenters. The highest BCUT2D eigenvalue weighted by Gasteiger charge is 2.11. The SMILES string of the molecule is CC(C)n1nnnc1CNc1c(F)cccc1Cl. The Labute approximate surface area is 109 Å². The minimum Gasteiger partial charge on any atom is -0.374 e. The molecular formula is C11H13ClFN5. The summed E-state index contributed by atoms with van der Waals surface area (Å²) in [5, 5.41) is 14.6. The second-order valence-electron chi connectivity index (χ2n) is 4.08. The number of benzene rings is 1. The predicted octanol–water partition coefficient (Wildman–Crippen LogP) is 2.66. The summed E-state index contributed by atoms with van der Waals surface area (Å²) in [5.41, 5.74) is 0.262. The Bertz CT molecular complexity index is 520. The fourth-order valence-electron chi connectivity index (χ4n) is 1.56. The van der Waals surface area contributed by atoms with Crippen LogP contribution >= 0.6 is 11.6 Å². The van der Waals surface area contributed by atoms with Crippen LogP contribution in [0.5, 0.6) is 0 Å². The summed E-state index contributed by atoms with van der Waals surface area (Å²) in [6, 6.07) is 4.67. The van der Waals surface area contributed by atoms with Gasteiger partial charge >= 0.3 is 0 Å². The Balaban J connectivity index is 2.14. The van der Waals surface area contributed by atoms with Gasteiger partial charge in [-0.1, -0.05) is 17.7 Å². The first kappa shape index (κ1) is 12.8. The molecule has 5 nitrogen and oxygen atoms in total. The minimum absolute atomic E-state index is 0.146. The van der Waals surface area contributed by atoms with Gasteiger partial charge in [0, 0.05) is 0 Å². The number of hydrogen-bond donors (Lipinski definition) is 1. The van der Waals surface area contributed by atoms with Crippen molar-refractivity contribution in [3.63, 3.8) is 0 Å². The fourth-order valence-corrected chi connectivity index (χ4v) is 1.79. The average molecular weight is 270 g/mol. The summed E-state index contributed by atoms with van der Waals surface area (Å²) in [6.45, 7) is 4.25. The quantitative estimate of drug-likeness (QED) is 0.927. The number of tetrazole rings is 1. The molecule has 0 saturated carbocycles. The van der Waals surface area contributed by atoms with Crippen LogP contribution in [0.2, 0.25) is 5.02 Å². The molecule has 2 rings (SSSR count). The highest BCUT2D eigenvalue weighted by molar-refractivity contribution is 6.33. The molecule has 0 radical (unpaired) electrons. The molecule has 7 heteroatoms. The summed E-state index contributed by atoms with van der Waals surface area (Å²) in [4.78, 5) is 0. The number of halogens is 2. The Morgan fingerprint density at radius 3 is 2.89 bits per heavy atom. The van der Waals surface area contributed by atoms with E-state index >= 15 is 0 Å². The third-order valence-corrected chi connectivity index (χ3v) is 2.75. The molecule has 2 aromatic rings. The monoisotopic (exact) mass is 269 g/mol. The summed E-state index contributed by atoms with van der Waals surface area (Å²) < 4.78 is 15.2. The number of nitrogens with zero attached hydrogens (tertiary/aromatic N) is 4. The molecular weight excluding hydrogens is 257 g/mol. The van der Waals surface area contributed by atoms with Crippen LogP contribution in [0.15, 0.2) is 18.2 Å². The van der Waals surface area contributed by atoms with E-state index in [1.54, 1.807) is 16.8 Å². The zero-order chi connectivity index (χ0) is 13.1. The number of aromatic nitrogens is 4. The van der Waals surface area contributed by atoms with Crippen LogP contribution in [-0.2, 0) is 6.54 Å². The molecule has 0 fully saturated rings. The van der Waals surface area contributed by atoms with E-state index in [0.717, 1.165) is 0 Å². The van der Waals surface area contributed by atoms with Gasteiger partial charge in [-0.3, -0.25) is 0 Å². The molecule has 0 amide bonds. The standard InChI is InChI=1S/C11H13ClFN5/c1-7(2)18-10(15-16-17-18)6-14-11-8(12)4-3-5-9(11)13/h3-5,7,14H,6H2,1-2H3. The highest BCUT2D eigenvalue weighted by Crippen LogP contribution is 2.24. The molecule has 1 aromatic carbocycles. The van der Waals surface area contributed by atoms with E-state index < -0.39 is 5.82 Å². The van der Waals surface area contributed by atoms with E-state index in [1.807, 2.05) is 13.8 Å². The Morgan fingerprint density at radius 1 is 1.44 bits per heavy atom. The van der Waals surface area contributed by atoms with Crippen molar-refractivity contribution in [2.45, 2.75) is 26.4 Å². The molecule has 0 aliphatic carbocycles. The van der Waals surface area contributed by atoms with E-state index in [1.165, 1.54) is 6.07 Å². The Hall–Kier alpha value is -1.69. The van der Waals surface area contributed by atoms with Gasteiger partial charge in [0.2, 0.25) is 0 Å². The van der Waals surface area contributed by atoms with Crippen molar-refractivity contribution in [2.75, 3.05) is 5.32 Å². The van der Waals surface area contributed by atoms with Crippen molar-refractivity contribution in [3.05, 3.63) is 34.9 Å². The third kappa shape index (κ3) is 2.59. The van der Waals surface area contributed by atoms with Gasteiger partial charge < -0.3 is 5.32 Å². The smallest absolute Gasteiger partial charge is 0.170 e. The van der Waals surface area contributed by atoms with Gasteiger partial charge in [0.15, 0.2) is 5.82 Å². The van der Waals surface area contributed by atoms with Crippen LogP contribution in [0, 0.1) is 5.82 Å². The molecule has 0 saturated heterocycles. The summed E-state index contributed by atoms with van der Waals surface area (Å²) >= 11 is 5.91. The van der Waals surface area contributed by atoms with Crippen molar-refractivity contribution in [3.8, 4) is 0 Å². The third-order valence-electron chi connectivity index (χ3n) is 2.44. The molecule has 0 aliphatic heterocycles. The lowest BCUT2D eigenvalue weighted by Crippen LogP contribution is -2.12. The van der Waals surface area contributed by atoms with Gasteiger partial charge in [-0.15, -0.1) is 5.10 Å². The van der Waals surface area contributed by atoms with E-state index in [2.05, 4.69) is 20.8 Å². The van der Waals surface area contributed by atoms with Crippen LogP contribution in [-0.4, -0.2) is 20.2 Å². The fraction of sp³-hybridized carbons (Fsp3) is 0.364. The Morgan fingerprint density at radius 2 is 2.22 bits per heavy atom. The molecule has 0 bridgehead atoms. The van der Waals surface area contributed by atoms with E-state index in [-0.39, 0.29) is 11.7 Å². The van der Waals surface area contributed by atoms with Gasteiger partial charge in [-0.25, -0.2) is 9.07 Å². The zero-order valence-electron chi connectivity index (χ0n) is 10.1. The van der Waals surface area contributed by atoms with Gasteiger partial charge in [0.05, 0.1) is 23.3 Å². The maximum atomic E-state index is 13.5. The van der Waals surface area contributed by atoms with Crippen molar-refractivity contribution in [1.82, 2.24) is 20.2 Å². The first-order valence-electron chi connectivity index (χ1n) is 5.54. The molecule has 0 aliphatic rings. The molecule has 1 heterocycles. The molecule has 0 spiro atoms. The van der Waals surface area contributed by atoms with Crippen molar-refractivity contribution >= 4 is 17.3 Å². The molecule has 1 N–H and O–H groups in total. The molecule has 96 valence electrons. The van der Waals surface area contributed by atoms with Crippen LogP contribution < -0.4 is 5.32 Å². The van der Waals surface area contributed by atoms with Gasteiger partial charge in [0.1, 0.15) is 5.82 Å². The Kier molecular flexibility index (Phi) is 3.76.